The zero-order chi connectivity index (χ0) is 26.2. The maximum Gasteiger partial charge on any atom is 0.257 e. The van der Waals surface area contributed by atoms with Gasteiger partial charge >= 0.3 is 0 Å². The zero-order valence-corrected chi connectivity index (χ0v) is 21.2. The van der Waals surface area contributed by atoms with E-state index in [9.17, 15) is 14.0 Å². The summed E-state index contributed by atoms with van der Waals surface area (Å²) in [7, 11) is 2.00. The van der Waals surface area contributed by atoms with Gasteiger partial charge in [-0.3, -0.25) is 9.59 Å². The number of aromatic nitrogens is 1. The first-order valence-electron chi connectivity index (χ1n) is 11.9. The fourth-order valence-corrected chi connectivity index (χ4v) is 3.92. The molecule has 1 aromatic heterocycles. The number of benzene rings is 2. The average molecular weight is 527 g/mol. The molecule has 1 aliphatic rings. The highest BCUT2D eigenvalue weighted by Crippen LogP contribution is 2.24. The Hall–Kier alpha value is -3.53. The molecule has 1 aliphatic heterocycles. The molecule has 0 unspecified atom stereocenters. The van der Waals surface area contributed by atoms with Crippen LogP contribution in [0.1, 0.15) is 15.9 Å². The first kappa shape index (κ1) is 26.5. The molecule has 194 valence electrons. The van der Waals surface area contributed by atoms with E-state index >= 15 is 0 Å². The van der Waals surface area contributed by atoms with Gasteiger partial charge in [0.25, 0.3) is 5.91 Å². The number of rotatable bonds is 9. The van der Waals surface area contributed by atoms with Crippen molar-refractivity contribution in [2.45, 2.75) is 12.6 Å². The minimum absolute atomic E-state index is 0.0536. The van der Waals surface area contributed by atoms with Crippen molar-refractivity contribution in [3.63, 3.8) is 0 Å². The summed E-state index contributed by atoms with van der Waals surface area (Å²) in [6.45, 7) is 2.70. The minimum atomic E-state index is -0.931. The number of pyridine rings is 1. The summed E-state index contributed by atoms with van der Waals surface area (Å²) in [4.78, 5) is 34.7. The maximum atomic E-state index is 13.4. The van der Waals surface area contributed by atoms with Crippen molar-refractivity contribution in [3.05, 3.63) is 88.8 Å². The van der Waals surface area contributed by atoms with Crippen molar-refractivity contribution < 1.29 is 23.5 Å². The first-order chi connectivity index (χ1) is 17.9. The van der Waals surface area contributed by atoms with E-state index < -0.39 is 11.9 Å². The largest absolute Gasteiger partial charge is 0.438 e. The Labute approximate surface area is 219 Å². The molecule has 0 saturated carbocycles. The highest BCUT2D eigenvalue weighted by Gasteiger charge is 2.29. The molecule has 0 aliphatic carbocycles. The Morgan fingerprint density at radius 3 is 2.46 bits per heavy atom. The summed E-state index contributed by atoms with van der Waals surface area (Å²) < 4.78 is 24.8. The predicted octanol–water partition coefficient (Wildman–Crippen LogP) is 3.76. The van der Waals surface area contributed by atoms with Gasteiger partial charge in [-0.05, 0) is 61.1 Å². The fourth-order valence-electron chi connectivity index (χ4n) is 3.79. The van der Waals surface area contributed by atoms with Crippen LogP contribution in [-0.4, -0.2) is 72.5 Å². The second-order valence-corrected chi connectivity index (χ2v) is 9.14. The highest BCUT2D eigenvalue weighted by atomic mass is 35.5. The standard InChI is InChI=1S/C27H28ClFN4O4/c1-32-13-15-33(16-14-32)27(35)24(18-36-17-19-4-8-21(29)9-5-19)31-25(34)23-3-2-12-30-26(23)37-22-10-6-20(28)7-11-22/h2-12,24H,13-18H2,1H3,(H,31,34)/t24-/m1/s1. The monoisotopic (exact) mass is 526 g/mol. The molecule has 0 spiro atoms. The molecular weight excluding hydrogens is 499 g/mol. The van der Waals surface area contributed by atoms with Gasteiger partial charge in [-0.2, -0.15) is 0 Å². The van der Waals surface area contributed by atoms with E-state index in [0.717, 1.165) is 18.7 Å². The third kappa shape index (κ3) is 7.48. The Morgan fingerprint density at radius 2 is 1.76 bits per heavy atom. The lowest BCUT2D eigenvalue weighted by Gasteiger charge is -2.34. The summed E-state index contributed by atoms with van der Waals surface area (Å²) in [6, 6.07) is 14.9. The summed E-state index contributed by atoms with van der Waals surface area (Å²) >= 11 is 5.94. The molecule has 1 atom stereocenters. The zero-order valence-electron chi connectivity index (χ0n) is 20.4. The van der Waals surface area contributed by atoms with Crippen LogP contribution in [0.25, 0.3) is 0 Å². The number of piperazine rings is 1. The highest BCUT2D eigenvalue weighted by molar-refractivity contribution is 6.30. The van der Waals surface area contributed by atoms with Gasteiger partial charge in [0.15, 0.2) is 0 Å². The molecular formula is C27H28ClFN4O4. The lowest BCUT2D eigenvalue weighted by atomic mass is 10.2. The molecule has 37 heavy (non-hydrogen) atoms. The van der Waals surface area contributed by atoms with Gasteiger partial charge in [0.2, 0.25) is 11.8 Å². The van der Waals surface area contributed by atoms with Crippen molar-refractivity contribution in [1.82, 2.24) is 20.1 Å². The van der Waals surface area contributed by atoms with Gasteiger partial charge < -0.3 is 24.6 Å². The lowest BCUT2D eigenvalue weighted by Crippen LogP contribution is -2.55. The molecule has 10 heteroatoms. The van der Waals surface area contributed by atoms with Crippen LogP contribution in [-0.2, 0) is 16.1 Å². The predicted molar refractivity (Wildman–Crippen MR) is 137 cm³/mol. The number of nitrogens with zero attached hydrogens (tertiary/aromatic N) is 3. The smallest absolute Gasteiger partial charge is 0.257 e. The molecule has 0 radical (unpaired) electrons. The number of carbonyl (C=O) groups is 2. The van der Waals surface area contributed by atoms with Crippen LogP contribution in [0.4, 0.5) is 4.39 Å². The lowest BCUT2D eigenvalue weighted by molar-refractivity contribution is -0.136. The number of halogens is 2. The Kier molecular flexibility index (Phi) is 9.05. The van der Waals surface area contributed by atoms with Gasteiger partial charge in [0.1, 0.15) is 23.2 Å². The van der Waals surface area contributed by atoms with E-state index in [1.165, 1.54) is 18.3 Å². The number of hydrogen-bond acceptors (Lipinski definition) is 6. The first-order valence-corrected chi connectivity index (χ1v) is 12.3. The van der Waals surface area contributed by atoms with Crippen LogP contribution in [0.2, 0.25) is 5.02 Å². The van der Waals surface area contributed by atoms with Crippen LogP contribution >= 0.6 is 11.6 Å². The van der Waals surface area contributed by atoms with Crippen molar-refractivity contribution in [2.75, 3.05) is 39.8 Å². The molecule has 8 nitrogen and oxygen atoms in total. The second-order valence-electron chi connectivity index (χ2n) is 8.71. The Balaban J connectivity index is 1.47. The molecule has 3 aromatic rings. The maximum absolute atomic E-state index is 13.4. The molecule has 0 bridgehead atoms. The number of amides is 2. The number of likely N-dealkylation sites (N-methyl/N-ethyl adjacent to an activating group) is 1. The number of hydrogen-bond donors (Lipinski definition) is 1. The average Bonchev–Trinajstić information content (AvgIpc) is 2.91. The van der Waals surface area contributed by atoms with Gasteiger partial charge in [-0.25, -0.2) is 9.37 Å². The van der Waals surface area contributed by atoms with Crippen molar-refractivity contribution in [2.24, 2.45) is 0 Å². The normalized spacial score (nSPS) is 14.7. The summed E-state index contributed by atoms with van der Waals surface area (Å²) in [6.07, 6.45) is 1.51. The van der Waals surface area contributed by atoms with E-state index in [2.05, 4.69) is 15.2 Å². The molecule has 1 fully saturated rings. The number of ether oxygens (including phenoxy) is 2. The molecule has 2 aromatic carbocycles. The van der Waals surface area contributed by atoms with Gasteiger partial charge in [-0.15, -0.1) is 0 Å². The van der Waals surface area contributed by atoms with Crippen LogP contribution < -0.4 is 10.1 Å². The molecule has 4 rings (SSSR count). The van der Waals surface area contributed by atoms with E-state index in [1.54, 1.807) is 53.4 Å². The van der Waals surface area contributed by atoms with Crippen molar-refractivity contribution in [3.8, 4) is 11.6 Å². The second kappa shape index (κ2) is 12.6. The topological polar surface area (TPSA) is 84.0 Å². The van der Waals surface area contributed by atoms with Gasteiger partial charge in [0.05, 0.1) is 13.2 Å². The molecule has 2 heterocycles. The minimum Gasteiger partial charge on any atom is -0.438 e. The van der Waals surface area contributed by atoms with Crippen LogP contribution in [0.15, 0.2) is 66.9 Å². The van der Waals surface area contributed by atoms with Gasteiger partial charge in [-0.1, -0.05) is 23.7 Å². The van der Waals surface area contributed by atoms with Gasteiger partial charge in [0, 0.05) is 37.4 Å². The summed E-state index contributed by atoms with van der Waals surface area (Å²) in [5.41, 5.74) is 0.927. The van der Waals surface area contributed by atoms with Crippen LogP contribution in [0, 0.1) is 5.82 Å². The van der Waals surface area contributed by atoms with Crippen molar-refractivity contribution >= 4 is 23.4 Å². The Morgan fingerprint density at radius 1 is 1.05 bits per heavy atom. The summed E-state index contributed by atoms with van der Waals surface area (Å²) in [5.74, 6) is -0.531. The third-order valence-corrected chi connectivity index (χ3v) is 6.18. The fraction of sp³-hybridized carbons (Fsp3) is 0.296. The molecule has 1 saturated heterocycles. The number of carbonyl (C=O) groups excluding carboxylic acids is 2. The van der Waals surface area contributed by atoms with Crippen molar-refractivity contribution in [1.29, 1.82) is 0 Å². The van der Waals surface area contributed by atoms with E-state index in [1.807, 2.05) is 7.05 Å². The quantitative estimate of drug-likeness (QED) is 0.457. The number of nitrogens with one attached hydrogen (secondary N) is 1. The van der Waals surface area contributed by atoms with E-state index in [4.69, 9.17) is 21.1 Å². The van der Waals surface area contributed by atoms with E-state index in [-0.39, 0.29) is 36.4 Å². The molecule has 1 N–H and O–H groups in total. The Bertz CT molecular complexity index is 1200. The third-order valence-electron chi connectivity index (χ3n) is 5.93. The SMILES string of the molecule is CN1CCN(C(=O)[C@@H](COCc2ccc(F)cc2)NC(=O)c2cccnc2Oc2ccc(Cl)cc2)CC1. The summed E-state index contributed by atoms with van der Waals surface area (Å²) in [5, 5.41) is 3.36. The van der Waals surface area contributed by atoms with Crippen LogP contribution in [0.5, 0.6) is 11.6 Å². The van der Waals surface area contributed by atoms with E-state index in [0.29, 0.717) is 23.9 Å². The molecule has 2 amide bonds. The van der Waals surface area contributed by atoms with Crippen LogP contribution in [0.3, 0.4) is 0 Å².